The second-order valence-electron chi connectivity index (χ2n) is 6.39. The molecule has 6 heteroatoms. The number of ether oxygens (including phenoxy) is 1. The molecule has 1 N–H and O–H groups in total. The van der Waals surface area contributed by atoms with Gasteiger partial charge in [-0.2, -0.15) is 0 Å². The van der Waals surface area contributed by atoms with Gasteiger partial charge in [0.05, 0.1) is 13.2 Å². The summed E-state index contributed by atoms with van der Waals surface area (Å²) in [5.41, 5.74) is 0. The molecular formula is C14H27Cl2N3O. The van der Waals surface area contributed by atoms with Gasteiger partial charge >= 0.3 is 0 Å². The van der Waals surface area contributed by atoms with Crippen molar-refractivity contribution < 1.29 is 4.74 Å². The highest BCUT2D eigenvalue weighted by Gasteiger charge is 2.54. The lowest BCUT2D eigenvalue weighted by Crippen LogP contribution is -2.43. The molecule has 118 valence electrons. The molecule has 4 aliphatic heterocycles. The van der Waals surface area contributed by atoms with Crippen molar-refractivity contribution in [2.75, 3.05) is 52.5 Å². The van der Waals surface area contributed by atoms with Crippen LogP contribution in [0.5, 0.6) is 0 Å². The molecule has 0 spiro atoms. The summed E-state index contributed by atoms with van der Waals surface area (Å²) < 4.78 is 5.42. The lowest BCUT2D eigenvalue weighted by molar-refractivity contribution is 0.0318. The molecule has 4 nitrogen and oxygen atoms in total. The van der Waals surface area contributed by atoms with Gasteiger partial charge in [0.1, 0.15) is 0 Å². The average molecular weight is 324 g/mol. The summed E-state index contributed by atoms with van der Waals surface area (Å²) in [7, 11) is 0. The van der Waals surface area contributed by atoms with Crippen LogP contribution >= 0.6 is 24.8 Å². The minimum Gasteiger partial charge on any atom is -0.379 e. The molecule has 0 aromatic carbocycles. The van der Waals surface area contributed by atoms with E-state index in [-0.39, 0.29) is 24.8 Å². The van der Waals surface area contributed by atoms with Gasteiger partial charge in [-0.15, -0.1) is 24.8 Å². The zero-order valence-electron chi connectivity index (χ0n) is 12.0. The Morgan fingerprint density at radius 2 is 1.50 bits per heavy atom. The van der Waals surface area contributed by atoms with Gasteiger partial charge in [0, 0.05) is 38.3 Å². The van der Waals surface area contributed by atoms with Gasteiger partial charge in [-0.05, 0) is 37.8 Å². The molecule has 0 aromatic heterocycles. The standard InChI is InChI=1S/C14H25N3O.2ClH/c1-2-14-12-10-15-9-11(12)13(1)17(14)4-3-16-5-7-18-8-6-16;;/h11-15H,1-10H2;2*1H/t11-,12+,13-,14+;;. The van der Waals surface area contributed by atoms with Crippen LogP contribution in [0.25, 0.3) is 0 Å². The summed E-state index contributed by atoms with van der Waals surface area (Å²) in [5, 5.41) is 3.60. The lowest BCUT2D eigenvalue weighted by atomic mass is 9.82. The Morgan fingerprint density at radius 3 is 2.10 bits per heavy atom. The quantitative estimate of drug-likeness (QED) is 0.833. The zero-order valence-corrected chi connectivity index (χ0v) is 13.6. The Kier molecular flexibility index (Phi) is 5.98. The molecule has 4 aliphatic rings. The number of hydrogen-bond donors (Lipinski definition) is 1. The summed E-state index contributed by atoms with van der Waals surface area (Å²) in [6.45, 7) is 9.24. The molecule has 0 amide bonds. The Balaban J connectivity index is 0.000000735. The first kappa shape index (κ1) is 16.8. The van der Waals surface area contributed by atoms with Crippen LogP contribution in [0.1, 0.15) is 12.8 Å². The van der Waals surface area contributed by atoms with Crippen molar-refractivity contribution in [1.29, 1.82) is 0 Å². The van der Waals surface area contributed by atoms with Gasteiger partial charge in [-0.3, -0.25) is 9.80 Å². The van der Waals surface area contributed by atoms with E-state index in [9.17, 15) is 0 Å². The first-order valence-electron chi connectivity index (χ1n) is 7.70. The third-order valence-corrected chi connectivity index (χ3v) is 5.69. The highest BCUT2D eigenvalue weighted by Crippen LogP contribution is 2.46. The number of fused-ring (bicyclic) bond motifs is 5. The van der Waals surface area contributed by atoms with Crippen LogP contribution in [0.2, 0.25) is 0 Å². The number of nitrogens with zero attached hydrogens (tertiary/aromatic N) is 2. The molecule has 4 saturated heterocycles. The van der Waals surface area contributed by atoms with E-state index in [1.54, 1.807) is 0 Å². The Hall–Kier alpha value is 0.420. The number of morpholine rings is 1. The van der Waals surface area contributed by atoms with Gasteiger partial charge in [-0.1, -0.05) is 0 Å². The summed E-state index contributed by atoms with van der Waals surface area (Å²) in [5.74, 6) is 1.93. The summed E-state index contributed by atoms with van der Waals surface area (Å²) in [6, 6.07) is 1.80. The maximum Gasteiger partial charge on any atom is 0.0594 e. The third kappa shape index (κ3) is 2.83. The molecule has 0 unspecified atom stereocenters. The topological polar surface area (TPSA) is 27.7 Å². The largest absolute Gasteiger partial charge is 0.379 e. The monoisotopic (exact) mass is 323 g/mol. The lowest BCUT2D eigenvalue weighted by Gasteiger charge is -2.31. The van der Waals surface area contributed by atoms with Crippen LogP contribution in [0.3, 0.4) is 0 Å². The Labute approximate surface area is 134 Å². The fraction of sp³-hybridized carbons (Fsp3) is 1.00. The van der Waals surface area contributed by atoms with Crippen molar-refractivity contribution in [3.63, 3.8) is 0 Å². The van der Waals surface area contributed by atoms with Gasteiger partial charge in [0.15, 0.2) is 0 Å². The van der Waals surface area contributed by atoms with E-state index in [1.165, 1.54) is 39.0 Å². The molecule has 2 bridgehead atoms. The molecule has 0 radical (unpaired) electrons. The fourth-order valence-electron chi connectivity index (χ4n) is 4.81. The highest BCUT2D eigenvalue weighted by molar-refractivity contribution is 5.85. The second kappa shape index (κ2) is 7.12. The van der Waals surface area contributed by atoms with Crippen molar-refractivity contribution in [2.45, 2.75) is 24.9 Å². The van der Waals surface area contributed by atoms with E-state index in [1.807, 2.05) is 0 Å². The molecule has 0 aromatic rings. The van der Waals surface area contributed by atoms with E-state index < -0.39 is 0 Å². The van der Waals surface area contributed by atoms with E-state index in [2.05, 4.69) is 15.1 Å². The van der Waals surface area contributed by atoms with E-state index in [0.717, 1.165) is 50.2 Å². The van der Waals surface area contributed by atoms with Gasteiger partial charge in [0.25, 0.3) is 0 Å². The predicted octanol–water partition coefficient (Wildman–Crippen LogP) is 0.844. The van der Waals surface area contributed by atoms with Crippen LogP contribution in [0.15, 0.2) is 0 Å². The van der Waals surface area contributed by atoms with Crippen LogP contribution in [-0.2, 0) is 4.74 Å². The number of rotatable bonds is 3. The average Bonchev–Trinajstić information content (AvgIpc) is 3.09. The maximum absolute atomic E-state index is 5.42. The second-order valence-corrected chi connectivity index (χ2v) is 6.39. The minimum absolute atomic E-state index is 0. The van der Waals surface area contributed by atoms with E-state index in [4.69, 9.17) is 4.74 Å². The van der Waals surface area contributed by atoms with Crippen LogP contribution in [0.4, 0.5) is 0 Å². The van der Waals surface area contributed by atoms with Crippen molar-refractivity contribution in [2.24, 2.45) is 11.8 Å². The Morgan fingerprint density at radius 1 is 0.900 bits per heavy atom. The molecule has 0 aliphatic carbocycles. The van der Waals surface area contributed by atoms with Gasteiger partial charge in [0.2, 0.25) is 0 Å². The SMILES string of the molecule is C1CN(CCN2[C@@H]3CC[C@H]2[C@H]2CNC[C@H]23)CCO1.Cl.Cl. The van der Waals surface area contributed by atoms with Crippen molar-refractivity contribution in [3.05, 3.63) is 0 Å². The summed E-state index contributed by atoms with van der Waals surface area (Å²) in [4.78, 5) is 5.43. The summed E-state index contributed by atoms with van der Waals surface area (Å²) in [6.07, 6.45) is 2.91. The van der Waals surface area contributed by atoms with Crippen molar-refractivity contribution in [1.82, 2.24) is 15.1 Å². The molecule has 20 heavy (non-hydrogen) atoms. The minimum atomic E-state index is 0. The highest BCUT2D eigenvalue weighted by atomic mass is 35.5. The van der Waals surface area contributed by atoms with Gasteiger partial charge in [-0.25, -0.2) is 0 Å². The summed E-state index contributed by atoms with van der Waals surface area (Å²) >= 11 is 0. The smallest absolute Gasteiger partial charge is 0.0594 e. The first-order valence-corrected chi connectivity index (χ1v) is 7.70. The predicted molar refractivity (Wildman–Crippen MR) is 85.1 cm³/mol. The maximum atomic E-state index is 5.42. The zero-order chi connectivity index (χ0) is 11.9. The fourth-order valence-corrected chi connectivity index (χ4v) is 4.81. The number of halogens is 2. The molecule has 4 fully saturated rings. The van der Waals surface area contributed by atoms with Gasteiger partial charge < -0.3 is 10.1 Å². The van der Waals surface area contributed by atoms with Crippen molar-refractivity contribution >= 4 is 24.8 Å². The van der Waals surface area contributed by atoms with Crippen LogP contribution in [0, 0.1) is 11.8 Å². The first-order chi connectivity index (χ1) is 8.93. The van der Waals surface area contributed by atoms with Crippen LogP contribution in [-0.4, -0.2) is 74.4 Å². The molecule has 0 saturated carbocycles. The van der Waals surface area contributed by atoms with E-state index in [0.29, 0.717) is 0 Å². The molecular weight excluding hydrogens is 297 g/mol. The van der Waals surface area contributed by atoms with E-state index >= 15 is 0 Å². The Bertz CT molecular complexity index is 297. The molecule has 4 rings (SSSR count). The van der Waals surface area contributed by atoms with Crippen molar-refractivity contribution in [3.8, 4) is 0 Å². The normalized spacial score (nSPS) is 40.2. The van der Waals surface area contributed by atoms with Crippen LogP contribution < -0.4 is 5.32 Å². The number of hydrogen-bond acceptors (Lipinski definition) is 4. The molecule has 4 atom stereocenters. The molecule has 4 heterocycles. The third-order valence-electron chi connectivity index (χ3n) is 5.69. The number of nitrogens with one attached hydrogen (secondary N) is 1.